The molecule has 19 heavy (non-hydrogen) atoms. The first-order chi connectivity index (χ1) is 9.11. The molecule has 0 unspecified atom stereocenters. The molecular weight excluding hydrogens is 240 g/mol. The van der Waals surface area contributed by atoms with Gasteiger partial charge in [0.15, 0.2) is 0 Å². The van der Waals surface area contributed by atoms with Gasteiger partial charge in [-0.05, 0) is 24.1 Å². The Labute approximate surface area is 114 Å². The zero-order valence-corrected chi connectivity index (χ0v) is 11.6. The van der Waals surface area contributed by atoms with Gasteiger partial charge in [0, 0.05) is 25.7 Å². The second kappa shape index (κ2) is 5.87. The van der Waals surface area contributed by atoms with Crippen molar-refractivity contribution in [2.75, 3.05) is 26.7 Å². The Morgan fingerprint density at radius 1 is 1.32 bits per heavy atom. The maximum atomic E-state index is 12.4. The highest BCUT2D eigenvalue weighted by Crippen LogP contribution is 2.12. The van der Waals surface area contributed by atoms with E-state index in [4.69, 9.17) is 0 Å². The molecule has 1 aromatic rings. The third-order valence-electron chi connectivity index (χ3n) is 3.46. The summed E-state index contributed by atoms with van der Waals surface area (Å²) in [6, 6.07) is 7.71. The van der Waals surface area contributed by atoms with Crippen molar-refractivity contribution in [1.82, 2.24) is 9.80 Å². The van der Waals surface area contributed by atoms with Gasteiger partial charge in [0.2, 0.25) is 5.91 Å². The Bertz CT molecular complexity index is 485. The molecule has 0 aromatic heterocycles. The van der Waals surface area contributed by atoms with Crippen molar-refractivity contribution in [2.24, 2.45) is 0 Å². The van der Waals surface area contributed by atoms with Crippen molar-refractivity contribution in [1.29, 1.82) is 0 Å². The van der Waals surface area contributed by atoms with E-state index < -0.39 is 0 Å². The first kappa shape index (κ1) is 13.6. The Morgan fingerprint density at radius 3 is 2.79 bits per heavy atom. The molecule has 0 spiro atoms. The number of nitrogens with zero attached hydrogens (tertiary/aromatic N) is 2. The molecule has 1 aliphatic heterocycles. The minimum Gasteiger partial charge on any atom is -0.342 e. The summed E-state index contributed by atoms with van der Waals surface area (Å²) >= 11 is 0. The second-order valence-corrected chi connectivity index (χ2v) is 4.99. The number of carbonyl (C=O) groups excluding carboxylic acids is 2. The number of benzene rings is 1. The van der Waals surface area contributed by atoms with E-state index in [1.807, 2.05) is 24.3 Å². The molecule has 2 rings (SSSR count). The molecule has 1 saturated heterocycles. The van der Waals surface area contributed by atoms with E-state index in [1.54, 1.807) is 16.8 Å². The lowest BCUT2D eigenvalue weighted by molar-refractivity contribution is -0.133. The molecule has 102 valence electrons. The predicted molar refractivity (Wildman–Crippen MR) is 74.0 cm³/mol. The summed E-state index contributed by atoms with van der Waals surface area (Å²) in [4.78, 5) is 27.3. The summed E-state index contributed by atoms with van der Waals surface area (Å²) in [5.74, 6) is -0.0382. The molecular formula is C15H20N2O2. The number of amides is 2. The third kappa shape index (κ3) is 3.13. The number of hydrogen-bond donors (Lipinski definition) is 0. The van der Waals surface area contributed by atoms with Crippen LogP contribution in [0.5, 0.6) is 0 Å². The SMILES string of the molecule is CCCc1cccc(C(=O)N2CCN(C)C(=O)C2)c1. The van der Waals surface area contributed by atoms with Crippen LogP contribution in [0, 0.1) is 0 Å². The molecule has 0 atom stereocenters. The number of piperazine rings is 1. The van der Waals surface area contributed by atoms with Crippen molar-refractivity contribution in [3.63, 3.8) is 0 Å². The van der Waals surface area contributed by atoms with Gasteiger partial charge in [0.25, 0.3) is 5.91 Å². The molecule has 2 amide bonds. The van der Waals surface area contributed by atoms with Crippen molar-refractivity contribution in [3.05, 3.63) is 35.4 Å². The fourth-order valence-electron chi connectivity index (χ4n) is 2.26. The van der Waals surface area contributed by atoms with Crippen molar-refractivity contribution in [2.45, 2.75) is 19.8 Å². The van der Waals surface area contributed by atoms with Gasteiger partial charge < -0.3 is 9.80 Å². The van der Waals surface area contributed by atoms with Crippen LogP contribution in [0.15, 0.2) is 24.3 Å². The van der Waals surface area contributed by atoms with E-state index in [-0.39, 0.29) is 18.4 Å². The molecule has 0 saturated carbocycles. The van der Waals surface area contributed by atoms with Crippen LogP contribution in [0.25, 0.3) is 0 Å². The van der Waals surface area contributed by atoms with Crippen molar-refractivity contribution in [3.8, 4) is 0 Å². The normalized spacial score (nSPS) is 15.8. The van der Waals surface area contributed by atoms with E-state index in [0.29, 0.717) is 18.7 Å². The van der Waals surface area contributed by atoms with Crippen LogP contribution in [0.3, 0.4) is 0 Å². The van der Waals surface area contributed by atoms with Crippen LogP contribution in [-0.2, 0) is 11.2 Å². The second-order valence-electron chi connectivity index (χ2n) is 4.99. The highest BCUT2D eigenvalue weighted by Gasteiger charge is 2.25. The molecule has 0 aliphatic carbocycles. The van der Waals surface area contributed by atoms with Gasteiger partial charge in [-0.2, -0.15) is 0 Å². The van der Waals surface area contributed by atoms with Gasteiger partial charge in [0.05, 0.1) is 0 Å². The Morgan fingerprint density at radius 2 is 2.11 bits per heavy atom. The zero-order chi connectivity index (χ0) is 13.8. The standard InChI is InChI=1S/C15H20N2O2/c1-3-5-12-6-4-7-13(10-12)15(19)17-9-8-16(2)14(18)11-17/h4,6-7,10H,3,5,8-9,11H2,1-2H3. The molecule has 1 heterocycles. The Kier molecular flexibility index (Phi) is 4.20. The highest BCUT2D eigenvalue weighted by atomic mass is 16.2. The van der Waals surface area contributed by atoms with Gasteiger partial charge in [-0.15, -0.1) is 0 Å². The maximum Gasteiger partial charge on any atom is 0.254 e. The monoisotopic (exact) mass is 260 g/mol. The summed E-state index contributed by atoms with van der Waals surface area (Å²) in [5.41, 5.74) is 1.86. The maximum absolute atomic E-state index is 12.4. The lowest BCUT2D eigenvalue weighted by Crippen LogP contribution is -2.50. The molecule has 0 bridgehead atoms. The van der Waals surface area contributed by atoms with E-state index in [0.717, 1.165) is 12.8 Å². The number of hydrogen-bond acceptors (Lipinski definition) is 2. The molecule has 0 N–H and O–H groups in total. The average molecular weight is 260 g/mol. The van der Waals surface area contributed by atoms with Crippen LogP contribution >= 0.6 is 0 Å². The van der Waals surface area contributed by atoms with Crippen molar-refractivity contribution < 1.29 is 9.59 Å². The molecule has 4 heteroatoms. The van der Waals surface area contributed by atoms with Gasteiger partial charge in [-0.3, -0.25) is 9.59 Å². The molecule has 0 radical (unpaired) electrons. The minimum atomic E-state index is -0.0422. The lowest BCUT2D eigenvalue weighted by Gasteiger charge is -2.32. The predicted octanol–water partition coefficient (Wildman–Crippen LogP) is 1.55. The lowest BCUT2D eigenvalue weighted by atomic mass is 10.1. The van der Waals surface area contributed by atoms with E-state index in [2.05, 4.69) is 6.92 Å². The summed E-state index contributed by atoms with van der Waals surface area (Å²) < 4.78 is 0. The molecule has 1 fully saturated rings. The molecule has 1 aliphatic rings. The van der Waals surface area contributed by atoms with Gasteiger partial charge >= 0.3 is 0 Å². The van der Waals surface area contributed by atoms with Crippen LogP contribution < -0.4 is 0 Å². The van der Waals surface area contributed by atoms with Crippen LogP contribution in [0.1, 0.15) is 29.3 Å². The first-order valence-corrected chi connectivity index (χ1v) is 6.74. The fraction of sp³-hybridized carbons (Fsp3) is 0.467. The summed E-state index contributed by atoms with van der Waals surface area (Å²) in [6.07, 6.45) is 2.04. The average Bonchev–Trinajstić information content (AvgIpc) is 2.42. The summed E-state index contributed by atoms with van der Waals surface area (Å²) in [7, 11) is 1.77. The van der Waals surface area contributed by atoms with Gasteiger partial charge in [0.1, 0.15) is 6.54 Å². The number of rotatable bonds is 3. The van der Waals surface area contributed by atoms with Crippen molar-refractivity contribution >= 4 is 11.8 Å². The largest absolute Gasteiger partial charge is 0.342 e. The Hall–Kier alpha value is -1.84. The summed E-state index contributed by atoms with van der Waals surface area (Å²) in [5, 5.41) is 0. The topological polar surface area (TPSA) is 40.6 Å². The number of likely N-dealkylation sites (N-methyl/N-ethyl adjacent to an activating group) is 1. The van der Waals surface area contributed by atoms with Gasteiger partial charge in [-0.25, -0.2) is 0 Å². The quantitative estimate of drug-likeness (QED) is 0.827. The van der Waals surface area contributed by atoms with Crippen LogP contribution in [0.2, 0.25) is 0 Å². The number of carbonyl (C=O) groups is 2. The van der Waals surface area contributed by atoms with E-state index in [9.17, 15) is 9.59 Å². The smallest absolute Gasteiger partial charge is 0.254 e. The first-order valence-electron chi connectivity index (χ1n) is 6.74. The highest BCUT2D eigenvalue weighted by molar-refractivity contribution is 5.97. The molecule has 1 aromatic carbocycles. The number of aryl methyl sites for hydroxylation is 1. The van der Waals surface area contributed by atoms with Crippen LogP contribution in [0.4, 0.5) is 0 Å². The van der Waals surface area contributed by atoms with E-state index >= 15 is 0 Å². The van der Waals surface area contributed by atoms with Crippen LogP contribution in [-0.4, -0.2) is 48.3 Å². The Balaban J connectivity index is 2.11. The fourth-order valence-corrected chi connectivity index (χ4v) is 2.26. The summed E-state index contributed by atoms with van der Waals surface area (Å²) in [6.45, 7) is 3.53. The zero-order valence-electron chi connectivity index (χ0n) is 11.6. The van der Waals surface area contributed by atoms with Gasteiger partial charge in [-0.1, -0.05) is 25.5 Å². The third-order valence-corrected chi connectivity index (χ3v) is 3.46. The van der Waals surface area contributed by atoms with E-state index in [1.165, 1.54) is 5.56 Å². The molecule has 4 nitrogen and oxygen atoms in total. The minimum absolute atomic E-state index is 0.00399.